The van der Waals surface area contributed by atoms with Crippen molar-refractivity contribution in [2.24, 2.45) is 0 Å². The summed E-state index contributed by atoms with van der Waals surface area (Å²) in [5, 5.41) is 62.4. The highest BCUT2D eigenvalue weighted by molar-refractivity contribution is 6.30. The van der Waals surface area contributed by atoms with Crippen LogP contribution in [-0.4, -0.2) is 85.7 Å². The first-order valence-electron chi connectivity index (χ1n) is 13.5. The highest BCUT2D eigenvalue weighted by atomic mass is 35.5. The Hall–Kier alpha value is -3.72. The minimum absolute atomic E-state index is 0.180. The number of aromatic nitrogens is 6. The van der Waals surface area contributed by atoms with Gasteiger partial charge in [0.05, 0.1) is 12.3 Å². The van der Waals surface area contributed by atoms with Crippen molar-refractivity contribution < 1.29 is 35.1 Å². The summed E-state index contributed by atoms with van der Waals surface area (Å²) in [6, 6.07) is 15.2. The van der Waals surface area contributed by atoms with Crippen LogP contribution in [0.15, 0.2) is 48.5 Å². The van der Waals surface area contributed by atoms with Gasteiger partial charge in [-0.05, 0) is 28.3 Å². The maximum absolute atomic E-state index is 11.5. The summed E-state index contributed by atoms with van der Waals surface area (Å²) in [5.74, 6) is -0.495. The number of rotatable bonds is 10. The largest absolute Gasteiger partial charge is 0.479 e. The van der Waals surface area contributed by atoms with Gasteiger partial charge in [0, 0.05) is 18.5 Å². The van der Waals surface area contributed by atoms with Crippen molar-refractivity contribution in [3.63, 3.8) is 0 Å². The van der Waals surface area contributed by atoms with Gasteiger partial charge in [0.25, 0.3) is 0 Å². The average Bonchev–Trinajstić information content (AvgIpc) is 3.59. The van der Waals surface area contributed by atoms with E-state index in [0.29, 0.717) is 23.0 Å². The molecule has 1 fully saturated rings. The van der Waals surface area contributed by atoms with Gasteiger partial charge in [-0.25, -0.2) is 9.78 Å². The van der Waals surface area contributed by atoms with Crippen molar-refractivity contribution in [2.45, 2.75) is 70.0 Å². The number of nitrogens with zero attached hydrogens (tertiary/aromatic N) is 6. The Labute approximate surface area is 245 Å². The fraction of sp³-hybridized carbons (Fsp3) is 0.393. The molecule has 1 saturated heterocycles. The number of hydrogen-bond donors (Lipinski definition) is 5. The van der Waals surface area contributed by atoms with Crippen LogP contribution in [0, 0.1) is 0 Å². The molecule has 2 aromatic carbocycles. The average molecular weight is 599 g/mol. The van der Waals surface area contributed by atoms with Gasteiger partial charge in [0.2, 0.25) is 12.1 Å². The lowest BCUT2D eigenvalue weighted by molar-refractivity contribution is -0.251. The van der Waals surface area contributed by atoms with Gasteiger partial charge < -0.3 is 34.8 Å². The van der Waals surface area contributed by atoms with E-state index >= 15 is 0 Å². The number of imidazole rings is 1. The number of carbonyl (C=O) groups is 1. The third-order valence-corrected chi connectivity index (χ3v) is 7.57. The molecule has 5 rings (SSSR count). The molecule has 0 saturated carbocycles. The van der Waals surface area contributed by atoms with Crippen molar-refractivity contribution in [3.8, 4) is 22.5 Å². The van der Waals surface area contributed by atoms with Crippen LogP contribution in [-0.2, 0) is 29.1 Å². The van der Waals surface area contributed by atoms with Crippen LogP contribution in [0.5, 0.6) is 0 Å². The van der Waals surface area contributed by atoms with Gasteiger partial charge in [-0.3, -0.25) is 0 Å². The van der Waals surface area contributed by atoms with Crippen LogP contribution in [0.4, 0.5) is 0 Å². The molecule has 1 aliphatic rings. The molecule has 0 amide bonds. The molecule has 2 aromatic heterocycles. The van der Waals surface area contributed by atoms with Gasteiger partial charge in [0.1, 0.15) is 24.1 Å². The smallest absolute Gasteiger partial charge is 0.335 e. The van der Waals surface area contributed by atoms with Crippen LogP contribution >= 0.6 is 11.6 Å². The number of carboxylic acid groups (broad SMARTS) is 1. The molecular weight excluding hydrogens is 568 g/mol. The van der Waals surface area contributed by atoms with Crippen LogP contribution in [0.3, 0.4) is 0 Å². The van der Waals surface area contributed by atoms with E-state index in [0.717, 1.165) is 46.6 Å². The third kappa shape index (κ3) is 5.79. The highest BCUT2D eigenvalue weighted by Crippen LogP contribution is 2.32. The molecule has 222 valence electrons. The number of ether oxygens (including phenoxy) is 1. The van der Waals surface area contributed by atoms with Gasteiger partial charge in [-0.15, -0.1) is 15.0 Å². The lowest BCUT2D eigenvalue weighted by Gasteiger charge is -2.37. The number of aliphatic hydroxyl groups excluding tert-OH is 4. The molecule has 13 nitrogen and oxygen atoms in total. The summed E-state index contributed by atoms with van der Waals surface area (Å²) in [4.78, 5) is 16.8. The topological polar surface area (TPSA) is 189 Å². The molecule has 5 N–H and O–H groups in total. The van der Waals surface area contributed by atoms with Crippen LogP contribution < -0.4 is 0 Å². The van der Waals surface area contributed by atoms with Gasteiger partial charge in [0.15, 0.2) is 11.3 Å². The highest BCUT2D eigenvalue weighted by Gasteiger charge is 2.48. The van der Waals surface area contributed by atoms with Gasteiger partial charge >= 0.3 is 5.97 Å². The second kappa shape index (κ2) is 12.7. The monoisotopic (exact) mass is 598 g/mol. The molecule has 0 spiro atoms. The van der Waals surface area contributed by atoms with Crippen molar-refractivity contribution in [2.75, 3.05) is 0 Å². The summed E-state index contributed by atoms with van der Waals surface area (Å²) >= 11 is 6.29. The van der Waals surface area contributed by atoms with E-state index in [1.807, 2.05) is 41.0 Å². The van der Waals surface area contributed by atoms with E-state index in [2.05, 4.69) is 27.3 Å². The number of aliphatic carboxylic acids is 1. The molecule has 5 atom stereocenters. The van der Waals surface area contributed by atoms with E-state index in [9.17, 15) is 30.3 Å². The van der Waals surface area contributed by atoms with E-state index in [1.165, 1.54) is 0 Å². The first kappa shape index (κ1) is 29.8. The SMILES string of the molecule is CCCCc1nc(Cl)c(CO)n1Cc1ccc(-c2ccccc2-c2nnn(C3O[C@H](C(=O)O)[C@@H](O)[C@H](O)[C@H]3O)n2)cc1. The molecule has 0 radical (unpaired) electrons. The predicted octanol–water partition coefficient (Wildman–Crippen LogP) is 1.80. The maximum atomic E-state index is 11.5. The van der Waals surface area contributed by atoms with Gasteiger partial charge in [-0.2, -0.15) is 0 Å². The summed E-state index contributed by atoms with van der Waals surface area (Å²) in [7, 11) is 0. The minimum Gasteiger partial charge on any atom is -0.479 e. The van der Waals surface area contributed by atoms with Crippen molar-refractivity contribution in [1.29, 1.82) is 0 Å². The lowest BCUT2D eigenvalue weighted by atomic mass is 9.98. The molecule has 42 heavy (non-hydrogen) atoms. The number of hydrogen-bond acceptors (Lipinski definition) is 10. The number of carboxylic acids is 1. The molecule has 4 aromatic rings. The van der Waals surface area contributed by atoms with E-state index in [1.54, 1.807) is 12.1 Å². The Balaban J connectivity index is 1.40. The lowest BCUT2D eigenvalue weighted by Crippen LogP contribution is -2.58. The quantitative estimate of drug-likeness (QED) is 0.179. The van der Waals surface area contributed by atoms with Crippen molar-refractivity contribution in [1.82, 2.24) is 29.8 Å². The number of halogens is 1. The van der Waals surface area contributed by atoms with E-state index in [4.69, 9.17) is 16.3 Å². The summed E-state index contributed by atoms with van der Waals surface area (Å²) in [6.07, 6.45) is -5.86. The van der Waals surface area contributed by atoms with Crippen LogP contribution in [0.25, 0.3) is 22.5 Å². The summed E-state index contributed by atoms with van der Waals surface area (Å²) in [6.45, 7) is 2.39. The summed E-state index contributed by atoms with van der Waals surface area (Å²) < 4.78 is 7.27. The second-order valence-corrected chi connectivity index (χ2v) is 10.4. The number of benzene rings is 2. The van der Waals surface area contributed by atoms with Crippen molar-refractivity contribution >= 4 is 17.6 Å². The standard InChI is InChI=1S/C28H31ClN6O7/c1-2-3-8-20-30-25(29)19(14-36)34(20)13-15-9-11-16(12-10-15)17-6-4-5-7-18(17)26-31-33-35(32-26)27-23(39)21(37)22(38)24(42-27)28(40)41/h4-7,9-12,21-24,27,36-39H,2-3,8,13-14H2,1H3,(H,40,41)/t21-,22-,23+,24-,27?/m0/s1. The number of tetrazole rings is 1. The van der Waals surface area contributed by atoms with Crippen LogP contribution in [0.2, 0.25) is 5.15 Å². The zero-order valence-electron chi connectivity index (χ0n) is 22.7. The Morgan fingerprint density at radius 3 is 2.40 bits per heavy atom. The van der Waals surface area contributed by atoms with Crippen LogP contribution in [0.1, 0.15) is 43.1 Å². The fourth-order valence-electron chi connectivity index (χ4n) is 4.97. The molecule has 0 bridgehead atoms. The molecule has 1 aliphatic heterocycles. The zero-order chi connectivity index (χ0) is 30.0. The van der Waals surface area contributed by atoms with Crippen molar-refractivity contribution in [3.05, 3.63) is 70.8 Å². The molecule has 14 heteroatoms. The fourth-order valence-corrected chi connectivity index (χ4v) is 5.23. The molecule has 0 aliphatic carbocycles. The van der Waals surface area contributed by atoms with E-state index in [-0.39, 0.29) is 12.4 Å². The van der Waals surface area contributed by atoms with Gasteiger partial charge in [-0.1, -0.05) is 73.5 Å². The second-order valence-electron chi connectivity index (χ2n) is 10.0. The Morgan fingerprint density at radius 2 is 1.74 bits per heavy atom. The first-order valence-corrected chi connectivity index (χ1v) is 13.9. The Morgan fingerprint density at radius 1 is 1.02 bits per heavy atom. The number of aryl methyl sites for hydroxylation is 1. The molecule has 1 unspecified atom stereocenters. The predicted molar refractivity (Wildman–Crippen MR) is 149 cm³/mol. The Kier molecular flexibility index (Phi) is 8.96. The Bertz CT molecular complexity index is 1540. The first-order chi connectivity index (χ1) is 20.2. The normalized spacial score (nSPS) is 22.4. The number of aliphatic hydroxyl groups is 4. The minimum atomic E-state index is -1.83. The summed E-state index contributed by atoms with van der Waals surface area (Å²) in [5.41, 5.74) is 3.83. The molecular formula is C28H31ClN6O7. The third-order valence-electron chi connectivity index (χ3n) is 7.27. The number of unbranched alkanes of at least 4 members (excludes halogenated alkanes) is 1. The van der Waals surface area contributed by atoms with E-state index < -0.39 is 36.6 Å². The molecule has 3 heterocycles. The zero-order valence-corrected chi connectivity index (χ0v) is 23.4. The maximum Gasteiger partial charge on any atom is 0.335 e.